The van der Waals surface area contributed by atoms with E-state index in [1.165, 1.54) is 0 Å². The normalized spacial score (nSPS) is 21.1. The molecule has 9 heteroatoms. The summed E-state index contributed by atoms with van der Waals surface area (Å²) >= 11 is 0. The Kier molecular flexibility index (Phi) is 10.5. The number of ether oxygens (including phenoxy) is 3. The van der Waals surface area contributed by atoms with Crippen LogP contribution in [0.5, 0.6) is 0 Å². The van der Waals surface area contributed by atoms with E-state index in [0.717, 1.165) is 16.7 Å². The van der Waals surface area contributed by atoms with Crippen LogP contribution in [0.4, 0.5) is 0 Å². The Hall–Kier alpha value is -1.85. The third-order valence-electron chi connectivity index (χ3n) is 7.35. The first kappa shape index (κ1) is 30.7. The minimum absolute atomic E-state index is 0.0289. The van der Waals surface area contributed by atoms with Crippen molar-refractivity contribution in [2.75, 3.05) is 20.3 Å². The van der Waals surface area contributed by atoms with Gasteiger partial charge in [-0.15, -0.1) is 0 Å². The molecule has 210 valence electrons. The van der Waals surface area contributed by atoms with E-state index in [2.05, 4.69) is 38.6 Å². The second-order valence-corrected chi connectivity index (χ2v) is 17.9. The molecule has 0 fully saturated rings. The van der Waals surface area contributed by atoms with Crippen molar-refractivity contribution in [2.24, 2.45) is 0 Å². The summed E-state index contributed by atoms with van der Waals surface area (Å²) in [6.07, 6.45) is 0.946. The molecule has 2 aromatic rings. The number of methoxy groups -OCH3 is 1. The highest BCUT2D eigenvalue weighted by atomic mass is 32.2. The van der Waals surface area contributed by atoms with Crippen LogP contribution in [0, 0.1) is 6.92 Å². The zero-order valence-corrected chi connectivity index (χ0v) is 25.5. The molecule has 3 atom stereocenters. The lowest BCUT2D eigenvalue weighted by molar-refractivity contribution is -0.185. The second-order valence-electron chi connectivity index (χ2n) is 11.3. The third kappa shape index (κ3) is 8.32. The van der Waals surface area contributed by atoms with E-state index < -0.39 is 36.8 Å². The lowest BCUT2D eigenvalue weighted by Gasteiger charge is -2.38. The van der Waals surface area contributed by atoms with Crippen molar-refractivity contribution < 1.29 is 27.1 Å². The Balaban J connectivity index is 1.87. The van der Waals surface area contributed by atoms with Gasteiger partial charge < -0.3 is 18.6 Å². The monoisotopic (exact) mass is 561 g/mol. The summed E-state index contributed by atoms with van der Waals surface area (Å²) in [5.74, 6) is 0. The third-order valence-corrected chi connectivity index (χ3v) is 13.3. The van der Waals surface area contributed by atoms with Crippen molar-refractivity contribution in [3.63, 3.8) is 0 Å². The van der Waals surface area contributed by atoms with Gasteiger partial charge in [0.25, 0.3) is 0 Å². The van der Waals surface area contributed by atoms with Crippen molar-refractivity contribution in [1.82, 2.24) is 4.72 Å². The van der Waals surface area contributed by atoms with Crippen molar-refractivity contribution in [1.29, 1.82) is 0 Å². The predicted octanol–water partition coefficient (Wildman–Crippen LogP) is 5.57. The minimum Gasteiger partial charge on any atom is -0.414 e. The quantitative estimate of drug-likeness (QED) is 0.285. The second kappa shape index (κ2) is 13.0. The summed E-state index contributed by atoms with van der Waals surface area (Å²) < 4.78 is 53.9. The zero-order chi connectivity index (χ0) is 28.0. The summed E-state index contributed by atoms with van der Waals surface area (Å²) in [4.78, 5) is 0.225. The molecule has 1 aliphatic rings. The summed E-state index contributed by atoms with van der Waals surface area (Å²) in [6.45, 7) is 13.7. The van der Waals surface area contributed by atoms with Crippen LogP contribution in [0.25, 0.3) is 0 Å². The van der Waals surface area contributed by atoms with Crippen molar-refractivity contribution >= 4 is 18.3 Å². The molecular formula is C29H43NO6SSi. The van der Waals surface area contributed by atoms with Gasteiger partial charge in [0.15, 0.2) is 14.6 Å². The topological polar surface area (TPSA) is 83.1 Å². The van der Waals surface area contributed by atoms with Crippen LogP contribution in [0.2, 0.25) is 18.1 Å². The zero-order valence-electron chi connectivity index (χ0n) is 23.7. The molecule has 7 nitrogen and oxygen atoms in total. The molecule has 0 aliphatic carbocycles. The maximum absolute atomic E-state index is 13.1. The molecule has 0 saturated carbocycles. The Morgan fingerprint density at radius 2 is 1.71 bits per heavy atom. The predicted molar refractivity (Wildman–Crippen MR) is 153 cm³/mol. The highest BCUT2D eigenvalue weighted by Gasteiger charge is 2.40. The summed E-state index contributed by atoms with van der Waals surface area (Å²) in [6, 6.07) is 16.7. The van der Waals surface area contributed by atoms with Crippen LogP contribution in [-0.4, -0.2) is 55.5 Å². The fraction of sp³-hybridized carbons (Fsp3) is 0.517. The molecule has 0 radical (unpaired) electrons. The molecule has 0 aromatic heterocycles. The van der Waals surface area contributed by atoms with Gasteiger partial charge in [-0.3, -0.25) is 0 Å². The summed E-state index contributed by atoms with van der Waals surface area (Å²) in [7, 11) is -4.19. The molecular weight excluding hydrogens is 518 g/mol. The van der Waals surface area contributed by atoms with Crippen LogP contribution in [0.3, 0.4) is 0 Å². The Labute approximate surface area is 229 Å². The maximum Gasteiger partial charge on any atom is 0.240 e. The van der Waals surface area contributed by atoms with E-state index in [9.17, 15) is 8.42 Å². The van der Waals surface area contributed by atoms with Crippen molar-refractivity contribution in [3.8, 4) is 0 Å². The molecule has 0 unspecified atom stereocenters. The molecule has 0 amide bonds. The number of sulfonamides is 1. The molecule has 0 bridgehead atoms. The molecule has 1 heterocycles. The maximum atomic E-state index is 13.1. The van der Waals surface area contributed by atoms with Gasteiger partial charge in [0.1, 0.15) is 12.2 Å². The van der Waals surface area contributed by atoms with Gasteiger partial charge in [-0.2, -0.15) is 0 Å². The minimum atomic E-state index is -3.71. The van der Waals surface area contributed by atoms with E-state index in [1.54, 1.807) is 31.4 Å². The van der Waals surface area contributed by atoms with Crippen LogP contribution >= 0.6 is 0 Å². The smallest absolute Gasteiger partial charge is 0.240 e. The highest BCUT2D eigenvalue weighted by molar-refractivity contribution is 7.89. The largest absolute Gasteiger partial charge is 0.414 e. The van der Waals surface area contributed by atoms with Crippen molar-refractivity contribution in [2.45, 2.75) is 82.2 Å². The van der Waals surface area contributed by atoms with E-state index in [1.807, 2.05) is 43.3 Å². The van der Waals surface area contributed by atoms with Crippen LogP contribution < -0.4 is 4.72 Å². The standard InChI is InChI=1S/C29H43NO6SSi/c1-22-13-16-25(17-14-22)37(31,32)30-19-24-15-18-27(33-5)36-26(21-35-38(6,7)29(2,3)4)28(24)34-20-23-11-9-8-10-12-23/h8-17,26-28,30H,18-21H2,1-7H3/t26-,27+,28+/m1/s1. The van der Waals surface area contributed by atoms with E-state index in [-0.39, 0.29) is 16.5 Å². The molecule has 2 aromatic carbocycles. The molecule has 0 saturated heterocycles. The Morgan fingerprint density at radius 1 is 1.05 bits per heavy atom. The van der Waals surface area contributed by atoms with Gasteiger partial charge >= 0.3 is 0 Å². The SMILES string of the molecule is CO[C@@H]1CC=C(CNS(=O)(=O)c2ccc(C)cc2)[C@H](OCc2ccccc2)[C@@H](CO[Si](C)(C)C(C)(C)C)O1. The van der Waals surface area contributed by atoms with Crippen LogP contribution in [0.15, 0.2) is 71.1 Å². The van der Waals surface area contributed by atoms with Crippen molar-refractivity contribution in [3.05, 3.63) is 77.4 Å². The van der Waals surface area contributed by atoms with E-state index in [4.69, 9.17) is 18.6 Å². The fourth-order valence-electron chi connectivity index (χ4n) is 3.84. The molecule has 0 spiro atoms. The van der Waals surface area contributed by atoms with Gasteiger partial charge in [0.2, 0.25) is 10.0 Å². The number of hydrogen-bond donors (Lipinski definition) is 1. The lowest BCUT2D eigenvalue weighted by Crippen LogP contribution is -2.47. The number of nitrogens with one attached hydrogen (secondary N) is 1. The van der Waals surface area contributed by atoms with Gasteiger partial charge in [-0.25, -0.2) is 13.1 Å². The van der Waals surface area contributed by atoms with Gasteiger partial charge in [-0.1, -0.05) is 74.9 Å². The number of hydrogen-bond acceptors (Lipinski definition) is 6. The number of benzene rings is 2. The Bertz CT molecular complexity index is 1160. The molecule has 3 rings (SSSR count). The highest BCUT2D eigenvalue weighted by Crippen LogP contribution is 2.37. The van der Waals surface area contributed by atoms with E-state index in [0.29, 0.717) is 19.6 Å². The van der Waals surface area contributed by atoms with Gasteiger partial charge in [-0.05, 0) is 48.3 Å². The lowest BCUT2D eigenvalue weighted by atomic mass is 10.0. The molecule has 38 heavy (non-hydrogen) atoms. The summed E-state index contributed by atoms with van der Waals surface area (Å²) in [5.41, 5.74) is 2.81. The first-order valence-corrected chi connectivity index (χ1v) is 17.4. The van der Waals surface area contributed by atoms with E-state index >= 15 is 0 Å². The van der Waals surface area contributed by atoms with Gasteiger partial charge in [0, 0.05) is 20.1 Å². The van der Waals surface area contributed by atoms with Crippen LogP contribution in [-0.2, 0) is 35.3 Å². The van der Waals surface area contributed by atoms with Crippen LogP contribution in [0.1, 0.15) is 38.3 Å². The number of rotatable bonds is 11. The van der Waals surface area contributed by atoms with Gasteiger partial charge in [0.05, 0.1) is 18.1 Å². The first-order chi connectivity index (χ1) is 17.8. The average molecular weight is 562 g/mol. The number of aryl methyl sites for hydroxylation is 1. The summed E-state index contributed by atoms with van der Waals surface area (Å²) in [5, 5.41) is 0.0289. The average Bonchev–Trinajstić information content (AvgIpc) is 3.04. The molecule has 1 N–H and O–H groups in total. The first-order valence-electron chi connectivity index (χ1n) is 13.1. The fourth-order valence-corrected chi connectivity index (χ4v) is 5.87. The Morgan fingerprint density at radius 3 is 2.32 bits per heavy atom. The molecule has 1 aliphatic heterocycles.